The first-order chi connectivity index (χ1) is 12.2. The summed E-state index contributed by atoms with van der Waals surface area (Å²) in [5, 5.41) is 0. The van der Waals surface area contributed by atoms with Crippen LogP contribution in [-0.2, 0) is 35.2 Å². The number of methoxy groups -OCH3 is 2. The highest BCUT2D eigenvalue weighted by atomic mass is 19.1. The van der Waals surface area contributed by atoms with E-state index in [9.17, 15) is 4.39 Å². The third-order valence-electron chi connectivity index (χ3n) is 4.36. The van der Waals surface area contributed by atoms with E-state index in [0.717, 1.165) is 51.7 Å². The van der Waals surface area contributed by atoms with Gasteiger partial charge in [0.15, 0.2) is 0 Å². The lowest BCUT2D eigenvalue weighted by molar-refractivity contribution is 0.195. The van der Waals surface area contributed by atoms with Crippen molar-refractivity contribution in [3.63, 3.8) is 0 Å². The van der Waals surface area contributed by atoms with E-state index in [-0.39, 0.29) is 5.82 Å². The molecule has 0 bridgehead atoms. The lowest BCUT2D eigenvalue weighted by Gasteiger charge is -2.11. The van der Waals surface area contributed by atoms with Gasteiger partial charge in [0.1, 0.15) is 5.82 Å². The van der Waals surface area contributed by atoms with Crippen LogP contribution in [0.1, 0.15) is 35.1 Å². The van der Waals surface area contributed by atoms with Gasteiger partial charge in [-0.1, -0.05) is 30.3 Å². The summed E-state index contributed by atoms with van der Waals surface area (Å²) in [5.41, 5.74) is 5.28. The summed E-state index contributed by atoms with van der Waals surface area (Å²) in [6, 6.07) is 13.7. The van der Waals surface area contributed by atoms with Crippen molar-refractivity contribution in [1.29, 1.82) is 0 Å². The predicted molar refractivity (Wildman–Crippen MR) is 101 cm³/mol. The lowest BCUT2D eigenvalue weighted by Crippen LogP contribution is -2.00. The Balaban J connectivity index is 2.03. The molecule has 2 nitrogen and oxygen atoms in total. The van der Waals surface area contributed by atoms with Crippen molar-refractivity contribution in [2.75, 3.05) is 27.4 Å². The van der Waals surface area contributed by atoms with Gasteiger partial charge >= 0.3 is 0 Å². The van der Waals surface area contributed by atoms with Crippen LogP contribution < -0.4 is 0 Å². The van der Waals surface area contributed by atoms with Crippen LogP contribution in [0.5, 0.6) is 0 Å². The van der Waals surface area contributed by atoms with Crippen LogP contribution in [0.3, 0.4) is 0 Å². The molecule has 0 saturated heterocycles. The normalized spacial score (nSPS) is 11.0. The Morgan fingerprint density at radius 3 is 1.56 bits per heavy atom. The van der Waals surface area contributed by atoms with E-state index < -0.39 is 0 Å². The molecule has 0 saturated carbocycles. The molecule has 0 fully saturated rings. The van der Waals surface area contributed by atoms with Crippen LogP contribution in [0.25, 0.3) is 0 Å². The van der Waals surface area contributed by atoms with Gasteiger partial charge in [-0.25, -0.2) is 4.39 Å². The maximum Gasteiger partial charge on any atom is 0.123 e. The smallest absolute Gasteiger partial charge is 0.123 e. The van der Waals surface area contributed by atoms with Crippen molar-refractivity contribution in [2.45, 2.75) is 38.5 Å². The molecule has 136 valence electrons. The Labute approximate surface area is 151 Å². The van der Waals surface area contributed by atoms with E-state index >= 15 is 0 Å². The van der Waals surface area contributed by atoms with Crippen LogP contribution in [-0.4, -0.2) is 27.4 Å². The first-order valence-corrected chi connectivity index (χ1v) is 9.05. The number of hydrogen-bond donors (Lipinski definition) is 0. The molecular weight excluding hydrogens is 315 g/mol. The number of benzene rings is 2. The number of rotatable bonds is 11. The minimum Gasteiger partial charge on any atom is -0.385 e. The maximum atomic E-state index is 13.0. The number of hydrogen-bond acceptors (Lipinski definition) is 2. The third-order valence-corrected chi connectivity index (χ3v) is 4.36. The molecule has 0 spiro atoms. The zero-order chi connectivity index (χ0) is 17.9. The fourth-order valence-electron chi connectivity index (χ4n) is 3.05. The molecule has 0 heterocycles. The van der Waals surface area contributed by atoms with Crippen LogP contribution in [0.15, 0.2) is 42.5 Å². The van der Waals surface area contributed by atoms with Gasteiger partial charge in [0.05, 0.1) is 0 Å². The summed E-state index contributed by atoms with van der Waals surface area (Å²) >= 11 is 0. The van der Waals surface area contributed by atoms with Crippen LogP contribution in [0.2, 0.25) is 0 Å². The van der Waals surface area contributed by atoms with Gasteiger partial charge in [0.25, 0.3) is 0 Å². The predicted octanol–water partition coefficient (Wildman–Crippen LogP) is 4.77. The highest BCUT2D eigenvalue weighted by molar-refractivity contribution is 5.31. The van der Waals surface area contributed by atoms with Gasteiger partial charge in [0.2, 0.25) is 0 Å². The van der Waals surface area contributed by atoms with Gasteiger partial charge in [-0.2, -0.15) is 0 Å². The van der Waals surface area contributed by atoms with E-state index in [2.05, 4.69) is 18.2 Å². The fraction of sp³-hybridized carbons (Fsp3) is 0.455. The third kappa shape index (κ3) is 7.37. The lowest BCUT2D eigenvalue weighted by atomic mass is 9.96. The van der Waals surface area contributed by atoms with Gasteiger partial charge in [-0.05, 0) is 72.9 Å². The molecule has 2 rings (SSSR count). The maximum absolute atomic E-state index is 13.0. The molecular formula is C22H29FO2. The van der Waals surface area contributed by atoms with E-state index in [1.54, 1.807) is 14.2 Å². The second-order valence-electron chi connectivity index (χ2n) is 6.48. The SMILES string of the molecule is COCCCc1cc(CCCOC)cc(CCc2ccc(F)cc2)c1. The van der Waals surface area contributed by atoms with Crippen LogP contribution in [0, 0.1) is 5.82 Å². The summed E-state index contributed by atoms with van der Waals surface area (Å²) in [5.74, 6) is -0.177. The zero-order valence-corrected chi connectivity index (χ0v) is 15.4. The van der Waals surface area contributed by atoms with E-state index in [4.69, 9.17) is 9.47 Å². The van der Waals surface area contributed by atoms with Crippen LogP contribution >= 0.6 is 0 Å². The second-order valence-corrected chi connectivity index (χ2v) is 6.48. The Bertz CT molecular complexity index is 594. The monoisotopic (exact) mass is 344 g/mol. The molecule has 0 N–H and O–H groups in total. The van der Waals surface area contributed by atoms with Crippen molar-refractivity contribution < 1.29 is 13.9 Å². The zero-order valence-electron chi connectivity index (χ0n) is 15.4. The molecule has 0 amide bonds. The summed E-state index contributed by atoms with van der Waals surface area (Å²) in [7, 11) is 3.49. The molecule has 0 radical (unpaired) electrons. The summed E-state index contributed by atoms with van der Waals surface area (Å²) in [6.45, 7) is 1.58. The number of halogens is 1. The minimum absolute atomic E-state index is 0.177. The molecule has 0 aliphatic heterocycles. The Morgan fingerprint density at radius 1 is 0.640 bits per heavy atom. The standard InChI is InChI=1S/C22H29FO2/c1-24-13-3-5-19-15-20(6-4-14-25-2)17-21(16-19)8-7-18-9-11-22(23)12-10-18/h9-12,15-17H,3-8,13-14H2,1-2H3. The highest BCUT2D eigenvalue weighted by Gasteiger charge is 2.04. The molecule has 0 aromatic heterocycles. The molecule has 3 heteroatoms. The Hall–Kier alpha value is -1.71. The van der Waals surface area contributed by atoms with Gasteiger partial charge in [0, 0.05) is 27.4 Å². The highest BCUT2D eigenvalue weighted by Crippen LogP contribution is 2.17. The molecule has 0 aliphatic carbocycles. The fourth-order valence-corrected chi connectivity index (χ4v) is 3.05. The first-order valence-electron chi connectivity index (χ1n) is 9.05. The average Bonchev–Trinajstić information content (AvgIpc) is 2.62. The van der Waals surface area contributed by atoms with Crippen molar-refractivity contribution in [1.82, 2.24) is 0 Å². The molecule has 0 aliphatic rings. The van der Waals surface area contributed by atoms with Gasteiger partial charge < -0.3 is 9.47 Å². The van der Waals surface area contributed by atoms with Crippen molar-refractivity contribution in [3.05, 3.63) is 70.5 Å². The Morgan fingerprint density at radius 2 is 1.08 bits per heavy atom. The average molecular weight is 344 g/mol. The van der Waals surface area contributed by atoms with Crippen molar-refractivity contribution in [2.24, 2.45) is 0 Å². The largest absolute Gasteiger partial charge is 0.385 e. The second kappa shape index (κ2) is 11.0. The van der Waals surface area contributed by atoms with Crippen LogP contribution in [0.4, 0.5) is 4.39 Å². The topological polar surface area (TPSA) is 18.5 Å². The quantitative estimate of drug-likeness (QED) is 0.547. The van der Waals surface area contributed by atoms with Gasteiger partial charge in [-0.15, -0.1) is 0 Å². The van der Waals surface area contributed by atoms with Crippen molar-refractivity contribution in [3.8, 4) is 0 Å². The van der Waals surface area contributed by atoms with E-state index in [1.165, 1.54) is 34.4 Å². The summed E-state index contributed by atoms with van der Waals surface area (Å²) in [4.78, 5) is 0. The molecule has 2 aromatic rings. The van der Waals surface area contributed by atoms with Crippen molar-refractivity contribution >= 4 is 0 Å². The summed E-state index contributed by atoms with van der Waals surface area (Å²) in [6.07, 6.45) is 6.05. The van der Waals surface area contributed by atoms with E-state index in [1.807, 2.05) is 12.1 Å². The minimum atomic E-state index is -0.177. The molecule has 0 unspecified atom stereocenters. The Kier molecular flexibility index (Phi) is 8.64. The molecule has 0 atom stereocenters. The van der Waals surface area contributed by atoms with Gasteiger partial charge in [-0.3, -0.25) is 0 Å². The number of ether oxygens (including phenoxy) is 2. The molecule has 2 aromatic carbocycles. The van der Waals surface area contributed by atoms with E-state index in [0.29, 0.717) is 0 Å². The number of aryl methyl sites for hydroxylation is 4. The first kappa shape index (κ1) is 19.6. The molecule has 25 heavy (non-hydrogen) atoms. The summed E-state index contributed by atoms with van der Waals surface area (Å²) < 4.78 is 23.4.